The highest BCUT2D eigenvalue weighted by molar-refractivity contribution is 6.30. The van der Waals surface area contributed by atoms with E-state index in [0.717, 1.165) is 25.1 Å². The lowest BCUT2D eigenvalue weighted by Crippen LogP contribution is -2.20. The molecule has 1 atom stereocenters. The fraction of sp³-hybridized carbons (Fsp3) is 0.278. The summed E-state index contributed by atoms with van der Waals surface area (Å²) in [4.78, 5) is 6.56. The number of hydrogen-bond acceptors (Lipinski definition) is 5. The Kier molecular flexibility index (Phi) is 4.28. The second-order valence-corrected chi connectivity index (χ2v) is 6.45. The van der Waals surface area contributed by atoms with E-state index in [1.165, 1.54) is 5.56 Å². The fourth-order valence-corrected chi connectivity index (χ4v) is 3.21. The number of aromatic nitrogens is 3. The Bertz CT molecular complexity index is 803. The molecule has 1 aromatic carbocycles. The van der Waals surface area contributed by atoms with Gasteiger partial charge in [0, 0.05) is 29.5 Å². The van der Waals surface area contributed by atoms with E-state index in [1.54, 1.807) is 0 Å². The Morgan fingerprint density at radius 3 is 2.83 bits per heavy atom. The van der Waals surface area contributed by atoms with Crippen molar-refractivity contribution < 1.29 is 4.42 Å². The molecule has 0 radical (unpaired) electrons. The average molecular weight is 341 g/mol. The van der Waals surface area contributed by atoms with Gasteiger partial charge < -0.3 is 4.42 Å². The van der Waals surface area contributed by atoms with Crippen molar-refractivity contribution in [1.29, 1.82) is 0 Å². The molecule has 1 aliphatic heterocycles. The number of benzene rings is 1. The highest BCUT2D eigenvalue weighted by Crippen LogP contribution is 2.28. The molecule has 5 nitrogen and oxygen atoms in total. The summed E-state index contributed by atoms with van der Waals surface area (Å²) in [6.45, 7) is 2.69. The van der Waals surface area contributed by atoms with E-state index >= 15 is 0 Å². The first-order valence-corrected chi connectivity index (χ1v) is 8.36. The van der Waals surface area contributed by atoms with Gasteiger partial charge in [-0.25, -0.2) is 0 Å². The molecule has 1 aliphatic rings. The maximum Gasteiger partial charge on any atom is 0.247 e. The number of likely N-dealkylation sites (tertiary alicyclic amines) is 1. The molecule has 6 heteroatoms. The van der Waals surface area contributed by atoms with Gasteiger partial charge in [0.25, 0.3) is 0 Å². The van der Waals surface area contributed by atoms with Crippen LogP contribution in [0, 0.1) is 0 Å². The highest BCUT2D eigenvalue weighted by atomic mass is 35.5. The summed E-state index contributed by atoms with van der Waals surface area (Å²) in [7, 11) is 0. The Morgan fingerprint density at radius 2 is 2.04 bits per heavy atom. The average Bonchev–Trinajstić information content (AvgIpc) is 3.27. The van der Waals surface area contributed by atoms with E-state index in [9.17, 15) is 0 Å². The van der Waals surface area contributed by atoms with Crippen molar-refractivity contribution in [2.75, 3.05) is 13.1 Å². The Morgan fingerprint density at radius 1 is 1.17 bits per heavy atom. The first-order valence-electron chi connectivity index (χ1n) is 7.98. The van der Waals surface area contributed by atoms with Crippen molar-refractivity contribution in [3.8, 4) is 11.5 Å². The van der Waals surface area contributed by atoms with E-state index in [4.69, 9.17) is 16.0 Å². The number of hydrogen-bond donors (Lipinski definition) is 0. The van der Waals surface area contributed by atoms with Crippen molar-refractivity contribution in [2.45, 2.75) is 18.9 Å². The van der Waals surface area contributed by atoms with Crippen LogP contribution >= 0.6 is 11.6 Å². The minimum absolute atomic E-state index is 0.525. The molecule has 0 saturated carbocycles. The molecule has 0 amide bonds. The standard InChI is InChI=1S/C18H17ClN4O/c19-16-5-3-13(4-6-16)18-22-21-17(24-18)12-23-9-7-15(11-23)14-2-1-8-20-10-14/h1-6,8,10,15H,7,9,11-12H2. The van der Waals surface area contributed by atoms with Gasteiger partial charge in [0.15, 0.2) is 0 Å². The van der Waals surface area contributed by atoms with Crippen LogP contribution < -0.4 is 0 Å². The third-order valence-corrected chi connectivity index (χ3v) is 4.60. The molecule has 1 fully saturated rings. The largest absolute Gasteiger partial charge is 0.419 e. The third-order valence-electron chi connectivity index (χ3n) is 4.35. The predicted molar refractivity (Wildman–Crippen MR) is 91.6 cm³/mol. The van der Waals surface area contributed by atoms with E-state index in [-0.39, 0.29) is 0 Å². The monoisotopic (exact) mass is 340 g/mol. The van der Waals surface area contributed by atoms with Crippen LogP contribution in [0.3, 0.4) is 0 Å². The Hall–Kier alpha value is -2.24. The minimum atomic E-state index is 0.525. The maximum atomic E-state index is 5.90. The minimum Gasteiger partial charge on any atom is -0.419 e. The molecule has 0 bridgehead atoms. The molecule has 2 aromatic heterocycles. The summed E-state index contributed by atoms with van der Waals surface area (Å²) in [6.07, 6.45) is 4.90. The van der Waals surface area contributed by atoms with Crippen LogP contribution in [0.4, 0.5) is 0 Å². The Balaban J connectivity index is 1.41. The van der Waals surface area contributed by atoms with Crippen molar-refractivity contribution in [1.82, 2.24) is 20.1 Å². The molecule has 122 valence electrons. The van der Waals surface area contributed by atoms with E-state index < -0.39 is 0 Å². The number of nitrogens with zero attached hydrogens (tertiary/aromatic N) is 4. The second-order valence-electron chi connectivity index (χ2n) is 6.01. The van der Waals surface area contributed by atoms with Crippen LogP contribution in [0.25, 0.3) is 11.5 Å². The molecule has 3 heterocycles. The van der Waals surface area contributed by atoms with Crippen molar-refractivity contribution in [3.05, 3.63) is 65.3 Å². The van der Waals surface area contributed by atoms with Gasteiger partial charge in [-0.05, 0) is 54.8 Å². The lowest BCUT2D eigenvalue weighted by molar-refractivity contribution is 0.289. The van der Waals surface area contributed by atoms with Gasteiger partial charge in [-0.15, -0.1) is 10.2 Å². The second kappa shape index (κ2) is 6.71. The number of rotatable bonds is 4. The van der Waals surface area contributed by atoms with Crippen LogP contribution in [0.1, 0.15) is 23.8 Å². The number of pyridine rings is 1. The number of halogens is 1. The highest BCUT2D eigenvalue weighted by Gasteiger charge is 2.25. The van der Waals surface area contributed by atoms with Gasteiger partial charge in [0.2, 0.25) is 11.8 Å². The molecular weight excluding hydrogens is 324 g/mol. The zero-order valence-electron chi connectivity index (χ0n) is 13.1. The lowest BCUT2D eigenvalue weighted by atomic mass is 10.0. The van der Waals surface area contributed by atoms with Crippen LogP contribution in [-0.2, 0) is 6.54 Å². The van der Waals surface area contributed by atoms with Crippen LogP contribution in [0.2, 0.25) is 5.02 Å². The van der Waals surface area contributed by atoms with Crippen molar-refractivity contribution in [3.63, 3.8) is 0 Å². The summed E-state index contributed by atoms with van der Waals surface area (Å²) in [6, 6.07) is 11.5. The molecule has 3 aromatic rings. The van der Waals surface area contributed by atoms with E-state index in [1.807, 2.05) is 42.7 Å². The molecular formula is C18H17ClN4O. The van der Waals surface area contributed by atoms with Gasteiger partial charge in [0.05, 0.1) is 6.54 Å². The summed E-state index contributed by atoms with van der Waals surface area (Å²) < 4.78 is 5.79. The summed E-state index contributed by atoms with van der Waals surface area (Å²) >= 11 is 5.90. The molecule has 0 N–H and O–H groups in total. The van der Waals surface area contributed by atoms with Gasteiger partial charge in [-0.3, -0.25) is 9.88 Å². The van der Waals surface area contributed by atoms with E-state index in [0.29, 0.717) is 29.3 Å². The van der Waals surface area contributed by atoms with Crippen molar-refractivity contribution >= 4 is 11.6 Å². The lowest BCUT2D eigenvalue weighted by Gasteiger charge is -2.13. The SMILES string of the molecule is Clc1ccc(-c2nnc(CN3CCC(c4cccnc4)C3)o2)cc1. The van der Waals surface area contributed by atoms with Gasteiger partial charge in [-0.2, -0.15) is 0 Å². The molecule has 4 rings (SSSR count). The first kappa shape index (κ1) is 15.3. The van der Waals surface area contributed by atoms with E-state index in [2.05, 4.69) is 26.1 Å². The first-order chi connectivity index (χ1) is 11.8. The zero-order valence-corrected chi connectivity index (χ0v) is 13.9. The van der Waals surface area contributed by atoms with Gasteiger partial charge in [0.1, 0.15) is 0 Å². The summed E-state index contributed by atoms with van der Waals surface area (Å²) in [5.41, 5.74) is 2.18. The zero-order chi connectivity index (χ0) is 16.4. The fourth-order valence-electron chi connectivity index (χ4n) is 3.08. The maximum absolute atomic E-state index is 5.90. The molecule has 0 spiro atoms. The molecule has 0 aliphatic carbocycles. The normalized spacial score (nSPS) is 18.1. The quantitative estimate of drug-likeness (QED) is 0.723. The van der Waals surface area contributed by atoms with Crippen LogP contribution in [-0.4, -0.2) is 33.2 Å². The third kappa shape index (κ3) is 3.32. The topological polar surface area (TPSA) is 55.1 Å². The molecule has 1 unspecified atom stereocenters. The Labute approximate surface area is 145 Å². The van der Waals surface area contributed by atoms with Gasteiger partial charge in [-0.1, -0.05) is 17.7 Å². The van der Waals surface area contributed by atoms with Crippen LogP contribution in [0.5, 0.6) is 0 Å². The smallest absolute Gasteiger partial charge is 0.247 e. The molecule has 1 saturated heterocycles. The van der Waals surface area contributed by atoms with Gasteiger partial charge >= 0.3 is 0 Å². The summed E-state index contributed by atoms with van der Waals surface area (Å²) in [5, 5.41) is 9.00. The summed E-state index contributed by atoms with van der Waals surface area (Å²) in [5.74, 6) is 1.70. The predicted octanol–water partition coefficient (Wildman–Crippen LogP) is 3.77. The van der Waals surface area contributed by atoms with Crippen molar-refractivity contribution in [2.24, 2.45) is 0 Å². The van der Waals surface area contributed by atoms with Crippen LogP contribution in [0.15, 0.2) is 53.2 Å². The molecule has 24 heavy (non-hydrogen) atoms.